The summed E-state index contributed by atoms with van der Waals surface area (Å²) in [6, 6.07) is 0. The molecule has 0 aliphatic heterocycles. The summed E-state index contributed by atoms with van der Waals surface area (Å²) in [7, 11) is 0. The van der Waals surface area contributed by atoms with Crippen LogP contribution in [0.4, 0.5) is 4.79 Å². The molecule has 0 aliphatic carbocycles. The quantitative estimate of drug-likeness (QED) is 0.492. The Morgan fingerprint density at radius 3 is 1.40 bits per heavy atom. The third kappa shape index (κ3) is 154000. The number of hydrogen-bond acceptors (Lipinski definition) is 1. The van der Waals surface area contributed by atoms with Gasteiger partial charge in [-0.2, -0.15) is 0 Å². The number of hydrogen-bond donors (Lipinski definition) is 2. The van der Waals surface area contributed by atoms with Crippen molar-refractivity contribution in [2.24, 2.45) is 0 Å². The smallest absolute Gasteiger partial charge is 0.450 e. The van der Waals surface area contributed by atoms with Crippen molar-refractivity contribution >= 4 is 6.16 Å². The zero-order valence-electron chi connectivity index (χ0n) is 2.25. The van der Waals surface area contributed by atoms with Crippen LogP contribution in [-0.4, -0.2) is 16.4 Å². The molecular formula is CH2NbO3. The molecule has 0 aromatic rings. The van der Waals surface area contributed by atoms with Crippen LogP contribution < -0.4 is 0 Å². The minimum absolute atomic E-state index is 0. The number of carboxylic acid groups (broad SMARTS) is 2. The molecule has 1 radical (unpaired) electrons. The average Bonchev–Trinajstić information content (AvgIpc) is 0.811. The molecule has 0 rings (SSSR count). The van der Waals surface area contributed by atoms with E-state index in [2.05, 4.69) is 0 Å². The molecular weight excluding hydrogens is 153 g/mol. The van der Waals surface area contributed by atoms with E-state index in [4.69, 9.17) is 15.0 Å². The van der Waals surface area contributed by atoms with E-state index >= 15 is 0 Å². The fourth-order valence-corrected chi connectivity index (χ4v) is 0. The van der Waals surface area contributed by atoms with E-state index in [9.17, 15) is 0 Å². The summed E-state index contributed by atoms with van der Waals surface area (Å²) < 4.78 is 0. The third-order valence-electron chi connectivity index (χ3n) is 0. The van der Waals surface area contributed by atoms with Crippen molar-refractivity contribution < 1.29 is 37.4 Å². The Kier molecular flexibility index (Phi) is 7.13. The maximum atomic E-state index is 8.56. The molecule has 29 valence electrons. The van der Waals surface area contributed by atoms with Crippen LogP contribution in [0.15, 0.2) is 0 Å². The first-order chi connectivity index (χ1) is 1.73. The molecule has 5 heavy (non-hydrogen) atoms. The predicted molar refractivity (Wildman–Crippen MR) is 10.7 cm³/mol. The van der Waals surface area contributed by atoms with E-state index in [-0.39, 0.29) is 22.4 Å². The molecule has 0 atom stereocenters. The minimum Gasteiger partial charge on any atom is -0.450 e. The molecule has 0 aromatic heterocycles. The van der Waals surface area contributed by atoms with Gasteiger partial charge in [-0.1, -0.05) is 0 Å². The van der Waals surface area contributed by atoms with E-state index in [1.165, 1.54) is 0 Å². The van der Waals surface area contributed by atoms with Gasteiger partial charge in [0.1, 0.15) is 0 Å². The van der Waals surface area contributed by atoms with Crippen LogP contribution in [0.25, 0.3) is 0 Å². The molecule has 0 heterocycles. The normalized spacial score (nSPS) is 4.80. The molecule has 2 N–H and O–H groups in total. The van der Waals surface area contributed by atoms with E-state index in [1.54, 1.807) is 0 Å². The molecule has 0 bridgehead atoms. The monoisotopic (exact) mass is 155 g/mol. The summed E-state index contributed by atoms with van der Waals surface area (Å²) in [4.78, 5) is 8.56. The Labute approximate surface area is 44.1 Å². The van der Waals surface area contributed by atoms with Crippen LogP contribution in [0.5, 0.6) is 0 Å². The van der Waals surface area contributed by atoms with Crippen molar-refractivity contribution in [3.8, 4) is 0 Å². The Morgan fingerprint density at radius 2 is 1.40 bits per heavy atom. The second-order valence-electron chi connectivity index (χ2n) is 0.283. The van der Waals surface area contributed by atoms with Crippen molar-refractivity contribution in [1.82, 2.24) is 0 Å². The molecule has 0 aromatic carbocycles. The standard InChI is InChI=1S/CH2O3.Nb/c2-1(3)4;/h(H2,2,3,4);. The van der Waals surface area contributed by atoms with Crippen molar-refractivity contribution in [1.29, 1.82) is 0 Å². The van der Waals surface area contributed by atoms with E-state index in [0.717, 1.165) is 0 Å². The van der Waals surface area contributed by atoms with Crippen LogP contribution in [0.3, 0.4) is 0 Å². The van der Waals surface area contributed by atoms with Gasteiger partial charge in [-0.15, -0.1) is 0 Å². The van der Waals surface area contributed by atoms with Gasteiger partial charge in [-0.25, -0.2) is 4.79 Å². The van der Waals surface area contributed by atoms with Gasteiger partial charge in [-0.05, 0) is 0 Å². The van der Waals surface area contributed by atoms with Gasteiger partial charge in [0.25, 0.3) is 0 Å². The van der Waals surface area contributed by atoms with Gasteiger partial charge in [0, 0.05) is 22.4 Å². The fraction of sp³-hybridized carbons (Fsp3) is 0. The van der Waals surface area contributed by atoms with Gasteiger partial charge in [-0.3, -0.25) is 0 Å². The maximum Gasteiger partial charge on any atom is 0.503 e. The van der Waals surface area contributed by atoms with Gasteiger partial charge >= 0.3 is 6.16 Å². The summed E-state index contributed by atoms with van der Waals surface area (Å²) >= 11 is 0. The molecule has 0 spiro atoms. The molecule has 0 amide bonds. The van der Waals surface area contributed by atoms with Crippen molar-refractivity contribution in [3.05, 3.63) is 0 Å². The third-order valence-corrected chi connectivity index (χ3v) is 0. The van der Waals surface area contributed by atoms with Crippen molar-refractivity contribution in [2.75, 3.05) is 0 Å². The van der Waals surface area contributed by atoms with Crippen LogP contribution in [0, 0.1) is 0 Å². The molecule has 0 fully saturated rings. The van der Waals surface area contributed by atoms with Crippen LogP contribution in [-0.2, 0) is 22.4 Å². The largest absolute Gasteiger partial charge is 0.503 e. The van der Waals surface area contributed by atoms with Gasteiger partial charge in [0.05, 0.1) is 0 Å². The molecule has 0 unspecified atom stereocenters. The molecule has 0 saturated carbocycles. The second kappa shape index (κ2) is 4.01. The number of rotatable bonds is 0. The minimum atomic E-state index is -1.83. The summed E-state index contributed by atoms with van der Waals surface area (Å²) in [6.07, 6.45) is -1.83. The molecule has 0 aliphatic rings. The number of carbonyl (C=O) groups is 1. The summed E-state index contributed by atoms with van der Waals surface area (Å²) in [6.45, 7) is 0. The average molecular weight is 155 g/mol. The predicted octanol–water partition coefficient (Wildman–Crippen LogP) is 0.220. The van der Waals surface area contributed by atoms with Gasteiger partial charge < -0.3 is 10.2 Å². The van der Waals surface area contributed by atoms with Crippen molar-refractivity contribution in [2.45, 2.75) is 0 Å². The summed E-state index contributed by atoms with van der Waals surface area (Å²) in [5, 5.41) is 13.9. The van der Waals surface area contributed by atoms with Gasteiger partial charge in [0.2, 0.25) is 0 Å². The maximum absolute atomic E-state index is 8.56. The van der Waals surface area contributed by atoms with E-state index in [0.29, 0.717) is 0 Å². The summed E-state index contributed by atoms with van der Waals surface area (Å²) in [5.41, 5.74) is 0. The molecule has 3 nitrogen and oxygen atoms in total. The summed E-state index contributed by atoms with van der Waals surface area (Å²) in [5.74, 6) is 0. The topological polar surface area (TPSA) is 57.5 Å². The van der Waals surface area contributed by atoms with Gasteiger partial charge in [0.15, 0.2) is 0 Å². The molecule has 4 heteroatoms. The Hall–Kier alpha value is 0.0103. The van der Waals surface area contributed by atoms with Crippen LogP contribution in [0.2, 0.25) is 0 Å². The Bertz CT molecular complexity index is 29.9. The second-order valence-corrected chi connectivity index (χ2v) is 0.283. The molecule has 0 saturated heterocycles. The van der Waals surface area contributed by atoms with Crippen LogP contribution >= 0.6 is 0 Å². The van der Waals surface area contributed by atoms with E-state index < -0.39 is 6.16 Å². The first kappa shape index (κ1) is 8.89. The zero-order valence-corrected chi connectivity index (χ0v) is 4.45. The Morgan fingerprint density at radius 1 is 1.40 bits per heavy atom. The Balaban J connectivity index is 0. The fourth-order valence-electron chi connectivity index (χ4n) is 0. The SMILES string of the molecule is O=C(O)O.[Nb]. The zero-order chi connectivity index (χ0) is 3.58. The van der Waals surface area contributed by atoms with E-state index in [1.807, 2.05) is 0 Å². The first-order valence-corrected chi connectivity index (χ1v) is 0.651. The van der Waals surface area contributed by atoms with Crippen molar-refractivity contribution in [3.63, 3.8) is 0 Å². The van der Waals surface area contributed by atoms with Crippen LogP contribution in [0.1, 0.15) is 0 Å². The first-order valence-electron chi connectivity index (χ1n) is 0.651.